The summed E-state index contributed by atoms with van der Waals surface area (Å²) in [6, 6.07) is 12.2. The zero-order valence-corrected chi connectivity index (χ0v) is 11.9. The number of benzene rings is 1. The Morgan fingerprint density at radius 1 is 1.37 bits per heavy atom. The predicted octanol–water partition coefficient (Wildman–Crippen LogP) is 3.06. The largest absolute Gasteiger partial charge is 0.350 e. The van der Waals surface area contributed by atoms with Crippen molar-refractivity contribution in [2.45, 2.75) is 45.6 Å². The molecular formula is C16H22N2O. The van der Waals surface area contributed by atoms with Gasteiger partial charge in [0, 0.05) is 5.54 Å². The number of aryl methyl sites for hydroxylation is 1. The van der Waals surface area contributed by atoms with Gasteiger partial charge in [-0.15, -0.1) is 0 Å². The van der Waals surface area contributed by atoms with Crippen molar-refractivity contribution in [1.29, 1.82) is 5.26 Å². The van der Waals surface area contributed by atoms with Crippen LogP contribution in [0.2, 0.25) is 0 Å². The number of nitrogens with one attached hydrogen (secondary N) is 1. The van der Waals surface area contributed by atoms with Crippen LogP contribution in [-0.2, 0) is 11.2 Å². The lowest BCUT2D eigenvalue weighted by Crippen LogP contribution is -2.46. The van der Waals surface area contributed by atoms with Crippen molar-refractivity contribution < 1.29 is 4.79 Å². The lowest BCUT2D eigenvalue weighted by atomic mass is 9.94. The van der Waals surface area contributed by atoms with E-state index in [1.54, 1.807) is 0 Å². The summed E-state index contributed by atoms with van der Waals surface area (Å²) in [5.41, 5.74) is 0.967. The summed E-state index contributed by atoms with van der Waals surface area (Å²) >= 11 is 0. The third kappa shape index (κ3) is 5.13. The molecule has 0 heterocycles. The van der Waals surface area contributed by atoms with Crippen LogP contribution < -0.4 is 5.32 Å². The van der Waals surface area contributed by atoms with Gasteiger partial charge in [-0.1, -0.05) is 37.3 Å². The van der Waals surface area contributed by atoms with E-state index in [9.17, 15) is 4.79 Å². The van der Waals surface area contributed by atoms with Crippen molar-refractivity contribution in [3.05, 3.63) is 35.9 Å². The Bertz CT molecular complexity index is 446. The first-order valence-electron chi connectivity index (χ1n) is 6.74. The van der Waals surface area contributed by atoms with Crippen LogP contribution in [0.5, 0.6) is 0 Å². The van der Waals surface area contributed by atoms with Gasteiger partial charge in [0.15, 0.2) is 0 Å². The second kappa shape index (κ2) is 6.94. The van der Waals surface area contributed by atoms with Crippen LogP contribution >= 0.6 is 0 Å². The van der Waals surface area contributed by atoms with Crippen LogP contribution in [0.25, 0.3) is 0 Å². The number of nitrogens with zero attached hydrogens (tertiary/aromatic N) is 1. The fourth-order valence-electron chi connectivity index (χ4n) is 1.92. The molecule has 1 rings (SSSR count). The number of carbonyl (C=O) groups is 1. The molecule has 0 aromatic heterocycles. The smallest absolute Gasteiger partial charge is 0.237 e. The number of carbonyl (C=O) groups excluding carboxylic acids is 1. The zero-order chi connectivity index (χ0) is 14.3. The van der Waals surface area contributed by atoms with Crippen molar-refractivity contribution in [3.8, 4) is 6.07 Å². The van der Waals surface area contributed by atoms with Gasteiger partial charge in [0.05, 0.1) is 6.07 Å². The highest BCUT2D eigenvalue weighted by molar-refractivity contribution is 5.81. The lowest BCUT2D eigenvalue weighted by molar-refractivity contribution is -0.125. The monoisotopic (exact) mass is 258 g/mol. The van der Waals surface area contributed by atoms with Gasteiger partial charge in [-0.3, -0.25) is 4.79 Å². The Balaban J connectivity index is 2.52. The molecule has 0 bridgehead atoms. The van der Waals surface area contributed by atoms with E-state index in [4.69, 9.17) is 5.26 Å². The maximum atomic E-state index is 11.9. The van der Waals surface area contributed by atoms with Gasteiger partial charge in [0.1, 0.15) is 5.92 Å². The Morgan fingerprint density at radius 2 is 2.00 bits per heavy atom. The molecule has 1 aromatic rings. The predicted molar refractivity (Wildman–Crippen MR) is 76.4 cm³/mol. The minimum atomic E-state index is -0.545. The van der Waals surface area contributed by atoms with Crippen LogP contribution in [0.1, 0.15) is 39.2 Å². The van der Waals surface area contributed by atoms with E-state index >= 15 is 0 Å². The molecular weight excluding hydrogens is 236 g/mol. The molecule has 0 spiro atoms. The molecule has 0 radical (unpaired) electrons. The first-order valence-corrected chi connectivity index (χ1v) is 6.74. The summed E-state index contributed by atoms with van der Waals surface area (Å²) in [5.74, 6) is -0.709. The van der Waals surface area contributed by atoms with E-state index in [0.717, 1.165) is 12.8 Å². The summed E-state index contributed by atoms with van der Waals surface area (Å²) in [6.45, 7) is 5.85. The van der Waals surface area contributed by atoms with E-state index in [1.807, 2.05) is 45.0 Å². The molecule has 19 heavy (non-hydrogen) atoms. The molecule has 0 fully saturated rings. The summed E-state index contributed by atoms with van der Waals surface area (Å²) in [5, 5.41) is 11.9. The number of hydrogen-bond donors (Lipinski definition) is 1. The molecule has 0 saturated carbocycles. The van der Waals surface area contributed by atoms with Crippen LogP contribution in [0, 0.1) is 17.2 Å². The molecule has 1 unspecified atom stereocenters. The average molecular weight is 258 g/mol. The fraction of sp³-hybridized carbons (Fsp3) is 0.500. The van der Waals surface area contributed by atoms with Gasteiger partial charge in [-0.25, -0.2) is 0 Å². The van der Waals surface area contributed by atoms with Crippen LogP contribution in [0.15, 0.2) is 30.3 Å². The molecule has 1 amide bonds. The molecule has 3 nitrogen and oxygen atoms in total. The number of hydrogen-bond acceptors (Lipinski definition) is 2. The van der Waals surface area contributed by atoms with Gasteiger partial charge in [-0.05, 0) is 38.7 Å². The Hall–Kier alpha value is -1.82. The van der Waals surface area contributed by atoms with E-state index in [-0.39, 0.29) is 11.4 Å². The first kappa shape index (κ1) is 15.2. The van der Waals surface area contributed by atoms with Crippen molar-refractivity contribution in [2.24, 2.45) is 5.92 Å². The average Bonchev–Trinajstić information content (AvgIpc) is 2.38. The molecule has 1 aromatic carbocycles. The summed E-state index contributed by atoms with van der Waals surface area (Å²) < 4.78 is 0. The number of amides is 1. The van der Waals surface area contributed by atoms with Crippen LogP contribution in [-0.4, -0.2) is 11.4 Å². The van der Waals surface area contributed by atoms with Gasteiger partial charge in [0.25, 0.3) is 0 Å². The van der Waals surface area contributed by atoms with Gasteiger partial charge >= 0.3 is 0 Å². The highest BCUT2D eigenvalue weighted by Gasteiger charge is 2.24. The second-order valence-corrected chi connectivity index (χ2v) is 5.45. The molecule has 1 N–H and O–H groups in total. The minimum Gasteiger partial charge on any atom is -0.350 e. The first-order chi connectivity index (χ1) is 8.98. The fourth-order valence-corrected chi connectivity index (χ4v) is 1.92. The summed E-state index contributed by atoms with van der Waals surface area (Å²) in [6.07, 6.45) is 2.32. The Labute approximate surface area is 115 Å². The molecule has 0 aliphatic carbocycles. The highest BCUT2D eigenvalue weighted by Crippen LogP contribution is 2.15. The van der Waals surface area contributed by atoms with E-state index < -0.39 is 5.92 Å². The minimum absolute atomic E-state index is 0.164. The summed E-state index contributed by atoms with van der Waals surface area (Å²) in [7, 11) is 0. The molecule has 0 aliphatic heterocycles. The number of nitriles is 1. The van der Waals surface area contributed by atoms with Crippen molar-refractivity contribution >= 4 is 5.91 Å². The molecule has 3 heteroatoms. The quantitative estimate of drug-likeness (QED) is 0.852. The normalized spacial score (nSPS) is 12.5. The van der Waals surface area contributed by atoms with E-state index in [1.165, 1.54) is 5.56 Å². The third-order valence-corrected chi connectivity index (χ3v) is 3.22. The highest BCUT2D eigenvalue weighted by atomic mass is 16.2. The van der Waals surface area contributed by atoms with Crippen molar-refractivity contribution in [1.82, 2.24) is 5.32 Å². The second-order valence-electron chi connectivity index (χ2n) is 5.45. The van der Waals surface area contributed by atoms with E-state index in [2.05, 4.69) is 17.4 Å². The lowest BCUT2D eigenvalue weighted by Gasteiger charge is -2.27. The Kier molecular flexibility index (Phi) is 5.57. The Morgan fingerprint density at radius 3 is 2.53 bits per heavy atom. The number of rotatable bonds is 6. The standard InChI is InChI=1S/C16H22N2O/c1-4-14(12-17)15(19)18-16(2,3)11-10-13-8-6-5-7-9-13/h5-9,14H,4,10-11H2,1-3H3,(H,18,19). The molecule has 0 aliphatic rings. The van der Waals surface area contributed by atoms with Crippen LogP contribution in [0.3, 0.4) is 0 Å². The zero-order valence-electron chi connectivity index (χ0n) is 11.9. The molecule has 0 saturated heterocycles. The topological polar surface area (TPSA) is 52.9 Å². The van der Waals surface area contributed by atoms with Gasteiger partial charge < -0.3 is 5.32 Å². The van der Waals surface area contributed by atoms with Crippen molar-refractivity contribution in [3.63, 3.8) is 0 Å². The van der Waals surface area contributed by atoms with Gasteiger partial charge in [0.2, 0.25) is 5.91 Å². The maximum absolute atomic E-state index is 11.9. The maximum Gasteiger partial charge on any atom is 0.237 e. The summed E-state index contributed by atoms with van der Waals surface area (Å²) in [4.78, 5) is 11.9. The van der Waals surface area contributed by atoms with Crippen LogP contribution in [0.4, 0.5) is 0 Å². The third-order valence-electron chi connectivity index (χ3n) is 3.22. The van der Waals surface area contributed by atoms with Crippen molar-refractivity contribution in [2.75, 3.05) is 0 Å². The molecule has 1 atom stereocenters. The van der Waals surface area contributed by atoms with Gasteiger partial charge in [-0.2, -0.15) is 5.26 Å². The SMILES string of the molecule is CCC(C#N)C(=O)NC(C)(C)CCc1ccccc1. The van der Waals surface area contributed by atoms with E-state index in [0.29, 0.717) is 6.42 Å². The molecule has 102 valence electrons.